The van der Waals surface area contributed by atoms with Crippen molar-refractivity contribution in [3.05, 3.63) is 12.2 Å². The van der Waals surface area contributed by atoms with Gasteiger partial charge >= 0.3 is 12.1 Å². The van der Waals surface area contributed by atoms with Crippen LogP contribution in [0, 0.1) is 0 Å². The van der Waals surface area contributed by atoms with Crippen LogP contribution >= 0.6 is 0 Å². The smallest absolute Gasteiger partial charge is 0.408 e. The molecule has 1 unspecified atom stereocenters. The Bertz CT molecular complexity index is 291. The molecule has 0 aromatic rings. The quantitative estimate of drug-likeness (QED) is 0.722. The molecule has 92 valence electrons. The number of amides is 1. The maximum absolute atomic E-state index is 11.3. The summed E-state index contributed by atoms with van der Waals surface area (Å²) in [5.74, 6) is -1.10. The van der Waals surface area contributed by atoms with Crippen molar-refractivity contribution in [2.24, 2.45) is 0 Å². The second-order valence-electron chi connectivity index (χ2n) is 4.70. The van der Waals surface area contributed by atoms with Crippen LogP contribution in [-0.2, 0) is 9.53 Å². The van der Waals surface area contributed by atoms with Crippen LogP contribution in [0.15, 0.2) is 12.2 Å². The van der Waals surface area contributed by atoms with Gasteiger partial charge in [0, 0.05) is 0 Å². The highest BCUT2D eigenvalue weighted by Crippen LogP contribution is 2.08. The predicted molar refractivity (Wildman–Crippen MR) is 60.2 cm³/mol. The molecule has 0 heterocycles. The molecule has 1 atom stereocenters. The largest absolute Gasteiger partial charge is 0.480 e. The summed E-state index contributed by atoms with van der Waals surface area (Å²) >= 11 is 0. The van der Waals surface area contributed by atoms with Crippen LogP contribution in [0.3, 0.4) is 0 Å². The van der Waals surface area contributed by atoms with E-state index in [-0.39, 0.29) is 6.42 Å². The third-order valence-electron chi connectivity index (χ3n) is 1.54. The summed E-state index contributed by atoms with van der Waals surface area (Å²) in [4.78, 5) is 22.2. The van der Waals surface area contributed by atoms with Crippen molar-refractivity contribution in [2.75, 3.05) is 0 Å². The van der Waals surface area contributed by atoms with Crippen molar-refractivity contribution in [3.63, 3.8) is 0 Å². The summed E-state index contributed by atoms with van der Waals surface area (Å²) in [6.07, 6.45) is -0.546. The number of carboxylic acid groups (broad SMARTS) is 1. The van der Waals surface area contributed by atoms with E-state index in [4.69, 9.17) is 9.84 Å². The molecular formula is C11H19NO4. The van der Waals surface area contributed by atoms with Gasteiger partial charge in [0.2, 0.25) is 0 Å². The Morgan fingerprint density at radius 1 is 1.44 bits per heavy atom. The number of hydrogen-bond acceptors (Lipinski definition) is 3. The molecule has 0 aromatic carbocycles. The normalized spacial score (nSPS) is 12.8. The van der Waals surface area contributed by atoms with Crippen LogP contribution in [0.4, 0.5) is 4.79 Å². The van der Waals surface area contributed by atoms with E-state index in [0.717, 1.165) is 0 Å². The van der Waals surface area contributed by atoms with Gasteiger partial charge in [-0.25, -0.2) is 9.59 Å². The van der Waals surface area contributed by atoms with Gasteiger partial charge in [-0.3, -0.25) is 0 Å². The van der Waals surface area contributed by atoms with Gasteiger partial charge in [-0.15, -0.1) is 6.58 Å². The Kier molecular flexibility index (Phi) is 5.01. The zero-order valence-electron chi connectivity index (χ0n) is 10.2. The molecule has 16 heavy (non-hydrogen) atoms. The first-order chi connectivity index (χ1) is 7.11. The number of aliphatic carboxylic acids is 1. The number of alkyl carbamates (subject to hydrolysis) is 1. The van der Waals surface area contributed by atoms with E-state index in [2.05, 4.69) is 11.9 Å². The first kappa shape index (κ1) is 14.5. The number of hydrogen-bond donors (Lipinski definition) is 2. The van der Waals surface area contributed by atoms with Crippen LogP contribution in [0.2, 0.25) is 0 Å². The standard InChI is InChI=1S/C11H19NO4/c1-7(2)6-8(9(13)14)12-10(15)16-11(3,4)5/h8H,1,6H2,2-5H3,(H,12,15)(H,13,14). The minimum absolute atomic E-state index is 0.189. The monoisotopic (exact) mass is 229 g/mol. The summed E-state index contributed by atoms with van der Waals surface area (Å²) in [6, 6.07) is -0.993. The van der Waals surface area contributed by atoms with Gasteiger partial charge in [-0.1, -0.05) is 5.57 Å². The minimum atomic E-state index is -1.10. The Balaban J connectivity index is 4.35. The molecule has 0 spiro atoms. The van der Waals surface area contributed by atoms with Crippen molar-refractivity contribution in [3.8, 4) is 0 Å². The van der Waals surface area contributed by atoms with E-state index in [1.54, 1.807) is 27.7 Å². The van der Waals surface area contributed by atoms with Crippen LogP contribution in [0.5, 0.6) is 0 Å². The number of ether oxygens (including phenoxy) is 1. The third-order valence-corrected chi connectivity index (χ3v) is 1.54. The average molecular weight is 229 g/mol. The molecule has 0 saturated heterocycles. The molecule has 0 aromatic heterocycles. The number of nitrogens with one attached hydrogen (secondary N) is 1. The molecule has 0 aliphatic heterocycles. The number of rotatable bonds is 4. The molecule has 0 saturated carbocycles. The lowest BCUT2D eigenvalue weighted by Gasteiger charge is -2.22. The lowest BCUT2D eigenvalue weighted by atomic mass is 10.1. The summed E-state index contributed by atoms with van der Waals surface area (Å²) in [7, 11) is 0. The number of carboxylic acids is 1. The topological polar surface area (TPSA) is 75.6 Å². The van der Waals surface area contributed by atoms with Crippen LogP contribution < -0.4 is 5.32 Å². The first-order valence-corrected chi connectivity index (χ1v) is 4.98. The zero-order chi connectivity index (χ0) is 12.9. The SMILES string of the molecule is C=C(C)CC(NC(=O)OC(C)(C)C)C(=O)O. The maximum Gasteiger partial charge on any atom is 0.408 e. The van der Waals surface area contributed by atoms with Crippen molar-refractivity contribution in [2.45, 2.75) is 45.8 Å². The lowest BCUT2D eigenvalue weighted by Crippen LogP contribution is -2.43. The molecule has 1 amide bonds. The van der Waals surface area contributed by atoms with Gasteiger partial charge in [0.25, 0.3) is 0 Å². The lowest BCUT2D eigenvalue weighted by molar-refractivity contribution is -0.139. The van der Waals surface area contributed by atoms with Crippen LogP contribution in [0.1, 0.15) is 34.1 Å². The van der Waals surface area contributed by atoms with Gasteiger partial charge < -0.3 is 15.2 Å². The molecular weight excluding hydrogens is 210 g/mol. The molecule has 2 N–H and O–H groups in total. The Morgan fingerprint density at radius 3 is 2.25 bits per heavy atom. The van der Waals surface area contributed by atoms with Crippen molar-refractivity contribution in [1.29, 1.82) is 0 Å². The van der Waals surface area contributed by atoms with Gasteiger partial charge in [0.1, 0.15) is 11.6 Å². The third kappa shape index (κ3) is 6.86. The molecule has 5 nitrogen and oxygen atoms in total. The fourth-order valence-corrected chi connectivity index (χ4v) is 0.998. The van der Waals surface area contributed by atoms with Crippen molar-refractivity contribution in [1.82, 2.24) is 5.32 Å². The van der Waals surface area contributed by atoms with Gasteiger partial charge in [0.15, 0.2) is 0 Å². The van der Waals surface area contributed by atoms with Crippen LogP contribution in [-0.4, -0.2) is 28.8 Å². The highest BCUT2D eigenvalue weighted by Gasteiger charge is 2.23. The van der Waals surface area contributed by atoms with E-state index in [9.17, 15) is 9.59 Å². The average Bonchev–Trinajstić information content (AvgIpc) is 1.97. The second-order valence-corrected chi connectivity index (χ2v) is 4.70. The summed E-state index contributed by atoms with van der Waals surface area (Å²) in [6.45, 7) is 10.4. The van der Waals surface area contributed by atoms with Gasteiger partial charge in [0.05, 0.1) is 0 Å². The van der Waals surface area contributed by atoms with E-state index in [1.165, 1.54) is 0 Å². The fourth-order valence-electron chi connectivity index (χ4n) is 0.998. The molecule has 0 radical (unpaired) electrons. The molecule has 0 aliphatic carbocycles. The van der Waals surface area contributed by atoms with E-state index < -0.39 is 23.7 Å². The molecule has 5 heteroatoms. The predicted octanol–water partition coefficient (Wildman–Crippen LogP) is 1.93. The Morgan fingerprint density at radius 2 is 1.94 bits per heavy atom. The highest BCUT2D eigenvalue weighted by atomic mass is 16.6. The summed E-state index contributed by atoms with van der Waals surface area (Å²) < 4.78 is 4.96. The number of carbonyl (C=O) groups is 2. The van der Waals surface area contributed by atoms with Crippen molar-refractivity contribution < 1.29 is 19.4 Å². The van der Waals surface area contributed by atoms with E-state index >= 15 is 0 Å². The highest BCUT2D eigenvalue weighted by molar-refractivity contribution is 5.80. The van der Waals surface area contributed by atoms with E-state index in [0.29, 0.717) is 5.57 Å². The summed E-state index contributed by atoms with van der Waals surface area (Å²) in [5.41, 5.74) is 0.0413. The second kappa shape index (κ2) is 5.53. The zero-order valence-corrected chi connectivity index (χ0v) is 10.2. The van der Waals surface area contributed by atoms with Gasteiger partial charge in [-0.2, -0.15) is 0 Å². The van der Waals surface area contributed by atoms with Crippen molar-refractivity contribution >= 4 is 12.1 Å². The summed E-state index contributed by atoms with van der Waals surface area (Å²) in [5, 5.41) is 11.1. The Labute approximate surface area is 95.5 Å². The van der Waals surface area contributed by atoms with Crippen LogP contribution in [0.25, 0.3) is 0 Å². The number of carbonyl (C=O) groups excluding carboxylic acids is 1. The maximum atomic E-state index is 11.3. The Hall–Kier alpha value is -1.52. The molecule has 0 aliphatic rings. The molecule has 0 bridgehead atoms. The molecule has 0 rings (SSSR count). The molecule has 0 fully saturated rings. The van der Waals surface area contributed by atoms with E-state index in [1.807, 2.05) is 0 Å². The minimum Gasteiger partial charge on any atom is -0.480 e. The first-order valence-electron chi connectivity index (χ1n) is 4.98. The fraction of sp³-hybridized carbons (Fsp3) is 0.636. The van der Waals surface area contributed by atoms with Gasteiger partial charge in [-0.05, 0) is 34.1 Å².